The van der Waals surface area contributed by atoms with E-state index >= 15 is 0 Å². The van der Waals surface area contributed by atoms with Crippen molar-refractivity contribution in [1.82, 2.24) is 0 Å². The molecule has 0 unspecified atom stereocenters. The average Bonchev–Trinajstić information content (AvgIpc) is 2.94. The lowest BCUT2D eigenvalue weighted by Crippen LogP contribution is -2.29. The molecule has 2 aromatic carbocycles. The number of carbonyl (C=O) groups excluding carboxylic acids is 2. The monoisotopic (exact) mass is 319 g/mol. The molecular weight excluding hydrogens is 302 g/mol. The third-order valence-corrected chi connectivity index (χ3v) is 3.73. The molecule has 1 aliphatic rings. The molecule has 4 heteroatoms. The second-order valence-corrected chi connectivity index (χ2v) is 5.45. The highest BCUT2D eigenvalue weighted by molar-refractivity contribution is 6.28. The van der Waals surface area contributed by atoms with E-state index in [1.54, 1.807) is 18.2 Å². The second-order valence-electron chi connectivity index (χ2n) is 5.45. The predicted octanol–water partition coefficient (Wildman–Crippen LogP) is 3.48. The number of nitrogens with zero attached hydrogens (tertiary/aromatic N) is 1. The van der Waals surface area contributed by atoms with E-state index in [0.717, 1.165) is 21.6 Å². The molecule has 0 atom stereocenters. The van der Waals surface area contributed by atoms with Crippen molar-refractivity contribution in [3.63, 3.8) is 0 Å². The van der Waals surface area contributed by atoms with Crippen LogP contribution in [0.1, 0.15) is 16.7 Å². The summed E-state index contributed by atoms with van der Waals surface area (Å²) in [6.45, 7) is 4.62. The molecule has 0 aliphatic carbocycles. The summed E-state index contributed by atoms with van der Waals surface area (Å²) in [6, 6.07) is 15.2. The molecule has 24 heavy (non-hydrogen) atoms. The largest absolute Gasteiger partial charge is 0.372 e. The van der Waals surface area contributed by atoms with E-state index in [4.69, 9.17) is 4.74 Å². The molecule has 120 valence electrons. The summed E-state index contributed by atoms with van der Waals surface area (Å²) in [7, 11) is 0. The number of amides is 2. The Balaban J connectivity index is 1.61. The average molecular weight is 319 g/mol. The minimum absolute atomic E-state index is 0.319. The zero-order valence-corrected chi connectivity index (χ0v) is 13.1. The maximum Gasteiger partial charge on any atom is 0.258 e. The molecular formula is C20H17NO3. The Bertz CT molecular complexity index is 788. The van der Waals surface area contributed by atoms with Gasteiger partial charge in [-0.25, -0.2) is 4.90 Å². The number of hydrogen-bond donors (Lipinski definition) is 0. The number of carbonyl (C=O) groups is 2. The normalized spacial score (nSPS) is 13.6. The first-order chi connectivity index (χ1) is 11.7. The minimum atomic E-state index is -0.319. The molecule has 4 nitrogen and oxygen atoms in total. The summed E-state index contributed by atoms with van der Waals surface area (Å²) in [4.78, 5) is 24.6. The Morgan fingerprint density at radius 1 is 0.917 bits per heavy atom. The standard InChI is InChI=1S/C20H17NO3/c1-2-15-6-8-16(9-7-15)13-24-14-17-4-3-5-18(12-17)21-19(22)10-11-20(21)23/h2-12H,1,13-14H2. The van der Waals surface area contributed by atoms with Crippen LogP contribution in [0.4, 0.5) is 5.69 Å². The zero-order valence-electron chi connectivity index (χ0n) is 13.1. The van der Waals surface area contributed by atoms with Gasteiger partial charge in [-0.2, -0.15) is 0 Å². The molecule has 0 bridgehead atoms. The minimum Gasteiger partial charge on any atom is -0.372 e. The van der Waals surface area contributed by atoms with Gasteiger partial charge >= 0.3 is 0 Å². The first-order valence-corrected chi connectivity index (χ1v) is 7.61. The first-order valence-electron chi connectivity index (χ1n) is 7.61. The van der Waals surface area contributed by atoms with Gasteiger partial charge in [-0.3, -0.25) is 9.59 Å². The molecule has 0 aromatic heterocycles. The van der Waals surface area contributed by atoms with Gasteiger partial charge in [-0.1, -0.05) is 49.1 Å². The van der Waals surface area contributed by atoms with Crippen LogP contribution in [0.5, 0.6) is 0 Å². The Labute approximate surface area is 140 Å². The van der Waals surface area contributed by atoms with Crippen molar-refractivity contribution in [1.29, 1.82) is 0 Å². The predicted molar refractivity (Wildman–Crippen MR) is 93.1 cm³/mol. The van der Waals surface area contributed by atoms with Gasteiger partial charge in [-0.05, 0) is 28.8 Å². The summed E-state index contributed by atoms with van der Waals surface area (Å²) in [5.74, 6) is -0.638. The Morgan fingerprint density at radius 2 is 1.58 bits per heavy atom. The van der Waals surface area contributed by atoms with Crippen LogP contribution >= 0.6 is 0 Å². The third kappa shape index (κ3) is 3.50. The summed E-state index contributed by atoms with van der Waals surface area (Å²) in [6.07, 6.45) is 4.35. The second kappa shape index (κ2) is 7.06. The number of anilines is 1. The van der Waals surface area contributed by atoms with Gasteiger partial charge in [-0.15, -0.1) is 0 Å². The van der Waals surface area contributed by atoms with E-state index in [0.29, 0.717) is 18.9 Å². The van der Waals surface area contributed by atoms with E-state index < -0.39 is 0 Å². The lowest BCUT2D eigenvalue weighted by Gasteiger charge is -2.15. The molecule has 2 amide bonds. The van der Waals surface area contributed by atoms with Crippen molar-refractivity contribution in [2.45, 2.75) is 13.2 Å². The molecule has 0 radical (unpaired) electrons. The molecule has 0 N–H and O–H groups in total. The van der Waals surface area contributed by atoms with Crippen molar-refractivity contribution < 1.29 is 14.3 Å². The van der Waals surface area contributed by atoms with Gasteiger partial charge in [0.1, 0.15) is 0 Å². The molecule has 2 aromatic rings. The third-order valence-electron chi connectivity index (χ3n) is 3.73. The van der Waals surface area contributed by atoms with Gasteiger partial charge in [0.15, 0.2) is 0 Å². The van der Waals surface area contributed by atoms with Crippen LogP contribution in [0.15, 0.2) is 67.3 Å². The van der Waals surface area contributed by atoms with E-state index in [1.165, 1.54) is 12.2 Å². The number of hydrogen-bond acceptors (Lipinski definition) is 3. The van der Waals surface area contributed by atoms with Gasteiger partial charge in [0.05, 0.1) is 18.9 Å². The first kappa shape index (κ1) is 15.9. The molecule has 0 fully saturated rings. The Hall–Kier alpha value is -2.98. The van der Waals surface area contributed by atoms with Crippen LogP contribution < -0.4 is 4.90 Å². The topological polar surface area (TPSA) is 46.6 Å². The number of ether oxygens (including phenoxy) is 1. The fraction of sp³-hybridized carbons (Fsp3) is 0.100. The SMILES string of the molecule is C=Cc1ccc(COCc2cccc(N3C(=O)C=CC3=O)c2)cc1. The Morgan fingerprint density at radius 3 is 2.25 bits per heavy atom. The maximum atomic E-state index is 11.7. The highest BCUT2D eigenvalue weighted by atomic mass is 16.5. The van der Waals surface area contributed by atoms with Crippen LogP contribution in [-0.2, 0) is 27.5 Å². The van der Waals surface area contributed by atoms with E-state index in [2.05, 4.69) is 6.58 Å². The maximum absolute atomic E-state index is 11.7. The zero-order chi connectivity index (χ0) is 16.9. The van der Waals surface area contributed by atoms with Crippen molar-refractivity contribution in [3.8, 4) is 0 Å². The Kier molecular flexibility index (Phi) is 4.68. The van der Waals surface area contributed by atoms with Crippen molar-refractivity contribution in [2.75, 3.05) is 4.90 Å². The molecule has 0 spiro atoms. The van der Waals surface area contributed by atoms with E-state index in [1.807, 2.05) is 36.4 Å². The van der Waals surface area contributed by atoms with Crippen LogP contribution in [0.2, 0.25) is 0 Å². The van der Waals surface area contributed by atoms with Crippen LogP contribution in [0.25, 0.3) is 6.08 Å². The fourth-order valence-electron chi connectivity index (χ4n) is 2.48. The smallest absolute Gasteiger partial charge is 0.258 e. The van der Waals surface area contributed by atoms with Gasteiger partial charge < -0.3 is 4.74 Å². The van der Waals surface area contributed by atoms with Crippen LogP contribution in [-0.4, -0.2) is 11.8 Å². The number of rotatable bonds is 6. The lowest BCUT2D eigenvalue weighted by atomic mass is 10.1. The summed E-state index contributed by atoms with van der Waals surface area (Å²) in [5, 5.41) is 0. The number of imide groups is 1. The lowest BCUT2D eigenvalue weighted by molar-refractivity contribution is -0.119. The quantitative estimate of drug-likeness (QED) is 0.766. The van der Waals surface area contributed by atoms with Crippen LogP contribution in [0, 0.1) is 0 Å². The van der Waals surface area contributed by atoms with Gasteiger partial charge in [0.25, 0.3) is 11.8 Å². The molecule has 1 heterocycles. The summed E-state index contributed by atoms with van der Waals surface area (Å²) < 4.78 is 5.72. The molecule has 0 saturated carbocycles. The summed E-state index contributed by atoms with van der Waals surface area (Å²) >= 11 is 0. The highest BCUT2D eigenvalue weighted by Gasteiger charge is 2.24. The molecule has 0 saturated heterocycles. The van der Waals surface area contributed by atoms with E-state index in [-0.39, 0.29) is 11.8 Å². The number of benzene rings is 2. The fourth-order valence-corrected chi connectivity index (χ4v) is 2.48. The van der Waals surface area contributed by atoms with Gasteiger partial charge in [0.2, 0.25) is 0 Å². The van der Waals surface area contributed by atoms with Crippen LogP contribution in [0.3, 0.4) is 0 Å². The van der Waals surface area contributed by atoms with Gasteiger partial charge in [0, 0.05) is 12.2 Å². The van der Waals surface area contributed by atoms with Crippen molar-refractivity contribution >= 4 is 23.6 Å². The highest BCUT2D eigenvalue weighted by Crippen LogP contribution is 2.21. The molecule has 3 rings (SSSR count). The molecule has 1 aliphatic heterocycles. The summed E-state index contributed by atoms with van der Waals surface area (Å²) in [5.41, 5.74) is 3.61. The van der Waals surface area contributed by atoms with Crippen molar-refractivity contribution in [3.05, 3.63) is 84.0 Å². The van der Waals surface area contributed by atoms with E-state index in [9.17, 15) is 9.59 Å². The van der Waals surface area contributed by atoms with Crippen molar-refractivity contribution in [2.24, 2.45) is 0 Å².